The van der Waals surface area contributed by atoms with Gasteiger partial charge in [-0.1, -0.05) is 146 Å². The molecule has 0 radical (unpaired) electrons. The van der Waals surface area contributed by atoms with E-state index in [0.29, 0.717) is 0 Å². The van der Waals surface area contributed by atoms with Crippen molar-refractivity contribution in [1.82, 2.24) is 15.0 Å². The van der Waals surface area contributed by atoms with E-state index in [0.717, 1.165) is 50.2 Å². The van der Waals surface area contributed by atoms with Gasteiger partial charge in [-0.15, -0.1) is 0 Å². The molecule has 3 heteroatoms. The van der Waals surface area contributed by atoms with Crippen molar-refractivity contribution in [3.8, 4) is 44.9 Å². The number of pyridine rings is 3. The molecule has 0 spiro atoms. The van der Waals surface area contributed by atoms with Crippen molar-refractivity contribution >= 4 is 64.8 Å². The lowest BCUT2D eigenvalue weighted by Gasteiger charge is -2.19. The molecule has 54 heavy (non-hydrogen) atoms. The smallest absolute Gasteiger partial charge is 0.0800 e. The van der Waals surface area contributed by atoms with Crippen LogP contribution in [0.25, 0.3) is 110 Å². The van der Waals surface area contributed by atoms with Crippen LogP contribution < -0.4 is 0 Å². The summed E-state index contributed by atoms with van der Waals surface area (Å²) in [7, 11) is 0. The monoisotopic (exact) mass is 685 g/mol. The molecule has 11 aromatic rings. The molecule has 0 aliphatic heterocycles. The fourth-order valence-electron chi connectivity index (χ4n) is 8.59. The Morgan fingerprint density at radius 3 is 1.52 bits per heavy atom. The second-order valence-corrected chi connectivity index (χ2v) is 13.9. The van der Waals surface area contributed by atoms with Crippen molar-refractivity contribution in [2.45, 2.75) is 0 Å². The van der Waals surface area contributed by atoms with Gasteiger partial charge in [-0.3, -0.25) is 4.98 Å². The van der Waals surface area contributed by atoms with Crippen LogP contribution in [0.2, 0.25) is 0 Å². The van der Waals surface area contributed by atoms with Gasteiger partial charge in [0.2, 0.25) is 0 Å². The first-order valence-corrected chi connectivity index (χ1v) is 18.4. The Morgan fingerprint density at radius 2 is 0.833 bits per heavy atom. The predicted octanol–water partition coefficient (Wildman–Crippen LogP) is 13.5. The Kier molecular flexibility index (Phi) is 6.86. The number of hydrogen-bond donors (Lipinski definition) is 0. The average molecular weight is 686 g/mol. The summed E-state index contributed by atoms with van der Waals surface area (Å²) >= 11 is 0. The lowest BCUT2D eigenvalue weighted by molar-refractivity contribution is 1.29. The number of aromatic nitrogens is 3. The minimum atomic E-state index is 0.926. The highest BCUT2D eigenvalue weighted by Crippen LogP contribution is 2.46. The van der Waals surface area contributed by atoms with Gasteiger partial charge in [0, 0.05) is 45.2 Å². The van der Waals surface area contributed by atoms with Gasteiger partial charge in [0.1, 0.15) is 0 Å². The minimum Gasteiger partial charge on any atom is -0.265 e. The summed E-state index contributed by atoms with van der Waals surface area (Å²) in [6, 6.07) is 63.0. The first-order valence-electron chi connectivity index (χ1n) is 18.4. The number of nitrogens with zero attached hydrogens (tertiary/aromatic N) is 3. The molecule has 0 N–H and O–H groups in total. The molecule has 3 nitrogen and oxygen atoms in total. The lowest BCUT2D eigenvalue weighted by atomic mass is 9.85. The second-order valence-electron chi connectivity index (χ2n) is 13.9. The molecular weight excluding hydrogens is 655 g/mol. The van der Waals surface area contributed by atoms with E-state index in [1.165, 1.54) is 59.4 Å². The van der Waals surface area contributed by atoms with E-state index in [4.69, 9.17) is 9.97 Å². The molecule has 0 atom stereocenters. The summed E-state index contributed by atoms with van der Waals surface area (Å²) in [5, 5.41) is 13.1. The van der Waals surface area contributed by atoms with Crippen molar-refractivity contribution < 1.29 is 0 Å². The number of hydrogen-bond acceptors (Lipinski definition) is 3. The van der Waals surface area contributed by atoms with Crippen LogP contribution >= 0.6 is 0 Å². The molecule has 250 valence electrons. The standard InChI is InChI=1S/C51H31N3/c1-2-13-33(14-3-1)50-44-31-34(25-26-42(44)49-37-17-6-4-15-35(37)36-16-5-11-22-43(36)51(49)54-50)47-38-18-7-9-20-40(38)48(41-21-10-8-19-39(41)47)46-24-12-23-45(53-46)32-27-29-52-30-28-32/h1-31H. The van der Waals surface area contributed by atoms with Crippen LogP contribution in [0.3, 0.4) is 0 Å². The van der Waals surface area contributed by atoms with Gasteiger partial charge in [-0.2, -0.15) is 0 Å². The average Bonchev–Trinajstić information content (AvgIpc) is 3.25. The molecule has 0 saturated carbocycles. The van der Waals surface area contributed by atoms with Gasteiger partial charge < -0.3 is 0 Å². The fourth-order valence-corrected chi connectivity index (χ4v) is 8.59. The molecule has 8 aromatic carbocycles. The van der Waals surface area contributed by atoms with Gasteiger partial charge >= 0.3 is 0 Å². The fraction of sp³-hybridized carbons (Fsp3) is 0. The van der Waals surface area contributed by atoms with E-state index in [2.05, 4.69) is 169 Å². The van der Waals surface area contributed by atoms with E-state index >= 15 is 0 Å². The zero-order valence-electron chi connectivity index (χ0n) is 29.2. The Hall–Kier alpha value is -7.23. The van der Waals surface area contributed by atoms with Crippen LogP contribution in [0, 0.1) is 0 Å². The number of rotatable bonds is 4. The molecule has 0 amide bonds. The van der Waals surface area contributed by atoms with Crippen molar-refractivity contribution in [3.63, 3.8) is 0 Å². The van der Waals surface area contributed by atoms with Crippen LogP contribution in [0.1, 0.15) is 0 Å². The summed E-state index contributed by atoms with van der Waals surface area (Å²) in [5.41, 5.74) is 9.54. The van der Waals surface area contributed by atoms with Gasteiger partial charge in [0.25, 0.3) is 0 Å². The van der Waals surface area contributed by atoms with Crippen LogP contribution in [0.15, 0.2) is 188 Å². The first-order chi connectivity index (χ1) is 26.8. The zero-order chi connectivity index (χ0) is 35.6. The molecule has 0 bridgehead atoms. The molecule has 11 rings (SSSR count). The van der Waals surface area contributed by atoms with Crippen LogP contribution in [0.5, 0.6) is 0 Å². The van der Waals surface area contributed by atoms with E-state index in [1.54, 1.807) is 0 Å². The van der Waals surface area contributed by atoms with E-state index in [9.17, 15) is 0 Å². The van der Waals surface area contributed by atoms with Crippen LogP contribution in [-0.4, -0.2) is 15.0 Å². The molecular formula is C51H31N3. The molecule has 0 aliphatic carbocycles. The SMILES string of the molecule is c1ccc(-c2nc3c4ccccc4c4ccccc4c3c3ccc(-c4c5ccccc5c(-c5cccc(-c6ccncc6)n5)c5ccccc45)cc23)cc1. The Morgan fingerprint density at radius 1 is 0.296 bits per heavy atom. The van der Waals surface area contributed by atoms with E-state index < -0.39 is 0 Å². The maximum atomic E-state index is 5.59. The Balaban J connectivity index is 1.24. The van der Waals surface area contributed by atoms with Gasteiger partial charge in [0.15, 0.2) is 0 Å². The van der Waals surface area contributed by atoms with Crippen molar-refractivity contribution in [2.24, 2.45) is 0 Å². The molecule has 0 saturated heterocycles. The normalized spacial score (nSPS) is 11.7. The minimum absolute atomic E-state index is 0.926. The van der Waals surface area contributed by atoms with Crippen molar-refractivity contribution in [3.05, 3.63) is 188 Å². The predicted molar refractivity (Wildman–Crippen MR) is 227 cm³/mol. The first kappa shape index (κ1) is 30.4. The quantitative estimate of drug-likeness (QED) is 0.137. The van der Waals surface area contributed by atoms with E-state index in [1.807, 2.05) is 24.5 Å². The summed E-state index contributed by atoms with van der Waals surface area (Å²) in [6.45, 7) is 0. The molecule has 0 unspecified atom stereocenters. The maximum absolute atomic E-state index is 5.59. The van der Waals surface area contributed by atoms with Crippen molar-refractivity contribution in [2.75, 3.05) is 0 Å². The maximum Gasteiger partial charge on any atom is 0.0800 e. The third-order valence-corrected chi connectivity index (χ3v) is 10.9. The number of benzene rings is 8. The van der Waals surface area contributed by atoms with Gasteiger partial charge in [-0.05, 0) is 84.5 Å². The van der Waals surface area contributed by atoms with E-state index in [-0.39, 0.29) is 0 Å². The second kappa shape index (κ2) is 12.2. The topological polar surface area (TPSA) is 38.7 Å². The molecule has 3 aromatic heterocycles. The highest BCUT2D eigenvalue weighted by Gasteiger charge is 2.21. The summed E-state index contributed by atoms with van der Waals surface area (Å²) < 4.78 is 0. The third kappa shape index (κ3) is 4.65. The zero-order valence-corrected chi connectivity index (χ0v) is 29.2. The molecule has 0 aliphatic rings. The lowest BCUT2D eigenvalue weighted by Crippen LogP contribution is -1.95. The van der Waals surface area contributed by atoms with Crippen LogP contribution in [0.4, 0.5) is 0 Å². The van der Waals surface area contributed by atoms with Gasteiger partial charge in [0.05, 0.1) is 22.6 Å². The largest absolute Gasteiger partial charge is 0.265 e. The summed E-state index contributed by atoms with van der Waals surface area (Å²) in [6.07, 6.45) is 3.64. The van der Waals surface area contributed by atoms with Gasteiger partial charge in [-0.25, -0.2) is 9.97 Å². The highest BCUT2D eigenvalue weighted by molar-refractivity contribution is 6.32. The Bertz CT molecular complexity index is 3200. The van der Waals surface area contributed by atoms with Crippen molar-refractivity contribution in [1.29, 1.82) is 0 Å². The third-order valence-electron chi connectivity index (χ3n) is 10.9. The highest BCUT2D eigenvalue weighted by atomic mass is 14.7. The summed E-state index contributed by atoms with van der Waals surface area (Å²) in [5.74, 6) is 0. The summed E-state index contributed by atoms with van der Waals surface area (Å²) in [4.78, 5) is 15.0. The molecule has 0 fully saturated rings. The Labute approximate surface area is 311 Å². The van der Waals surface area contributed by atoms with Crippen LogP contribution in [-0.2, 0) is 0 Å². The molecule has 3 heterocycles. The number of fused-ring (bicyclic) bond motifs is 10.